The lowest BCUT2D eigenvalue weighted by molar-refractivity contribution is 0.679. The van der Waals surface area contributed by atoms with E-state index in [1.54, 1.807) is 6.20 Å². The number of benzene rings is 1. The molecule has 0 amide bonds. The van der Waals surface area contributed by atoms with Crippen molar-refractivity contribution in [3.8, 4) is 0 Å². The van der Waals surface area contributed by atoms with Crippen LogP contribution in [0.5, 0.6) is 0 Å². The van der Waals surface area contributed by atoms with Crippen molar-refractivity contribution in [1.29, 1.82) is 5.41 Å². The lowest BCUT2D eigenvalue weighted by Gasteiger charge is -2.07. The Bertz CT molecular complexity index is 536. The highest BCUT2D eigenvalue weighted by atomic mass is 15.0. The van der Waals surface area contributed by atoms with E-state index in [0.717, 1.165) is 24.3 Å². The standard InChI is InChI=1S/C15H19N5/c16-15(17)20-10-13-6-4-12(5-7-13)9-18-11-14-3-1-2-8-19-14/h1-8,18H,9-11H2,(H4,16,17,20). The fourth-order valence-electron chi connectivity index (χ4n) is 1.81. The molecule has 1 aromatic heterocycles. The number of nitrogens with one attached hydrogen (secondary N) is 3. The number of hydrogen-bond acceptors (Lipinski definition) is 3. The van der Waals surface area contributed by atoms with Gasteiger partial charge in [0.2, 0.25) is 0 Å². The molecule has 20 heavy (non-hydrogen) atoms. The summed E-state index contributed by atoms with van der Waals surface area (Å²) in [4.78, 5) is 4.26. The van der Waals surface area contributed by atoms with Crippen molar-refractivity contribution >= 4 is 5.96 Å². The summed E-state index contributed by atoms with van der Waals surface area (Å²) in [6.07, 6.45) is 1.80. The lowest BCUT2D eigenvalue weighted by Crippen LogP contribution is -2.29. The van der Waals surface area contributed by atoms with Gasteiger partial charge in [0, 0.05) is 25.8 Å². The minimum absolute atomic E-state index is 0.00824. The molecule has 0 aliphatic carbocycles. The van der Waals surface area contributed by atoms with E-state index in [0.29, 0.717) is 6.54 Å². The fraction of sp³-hybridized carbons (Fsp3) is 0.200. The van der Waals surface area contributed by atoms with Gasteiger partial charge in [0.1, 0.15) is 0 Å². The van der Waals surface area contributed by atoms with Gasteiger partial charge in [-0.05, 0) is 23.3 Å². The Balaban J connectivity index is 1.77. The first kappa shape index (κ1) is 14.0. The number of rotatable bonds is 6. The highest BCUT2D eigenvalue weighted by molar-refractivity contribution is 5.74. The summed E-state index contributed by atoms with van der Waals surface area (Å²) in [5, 5.41) is 13.2. The zero-order valence-electron chi connectivity index (χ0n) is 11.3. The van der Waals surface area contributed by atoms with Crippen LogP contribution < -0.4 is 16.4 Å². The molecular formula is C15H19N5. The number of guanidine groups is 1. The van der Waals surface area contributed by atoms with Gasteiger partial charge in [-0.15, -0.1) is 0 Å². The average molecular weight is 269 g/mol. The molecule has 0 aliphatic rings. The van der Waals surface area contributed by atoms with Gasteiger partial charge >= 0.3 is 0 Å². The number of nitrogens with two attached hydrogens (primary N) is 1. The van der Waals surface area contributed by atoms with Gasteiger partial charge in [0.25, 0.3) is 0 Å². The number of aromatic nitrogens is 1. The van der Waals surface area contributed by atoms with Crippen molar-refractivity contribution in [2.45, 2.75) is 19.6 Å². The van der Waals surface area contributed by atoms with E-state index in [-0.39, 0.29) is 5.96 Å². The van der Waals surface area contributed by atoms with Gasteiger partial charge in [0.15, 0.2) is 5.96 Å². The Morgan fingerprint density at radius 3 is 2.30 bits per heavy atom. The Morgan fingerprint density at radius 2 is 1.70 bits per heavy atom. The normalized spacial score (nSPS) is 10.2. The summed E-state index contributed by atoms with van der Waals surface area (Å²) in [5.41, 5.74) is 8.60. The molecule has 5 nitrogen and oxygen atoms in total. The van der Waals surface area contributed by atoms with Crippen LogP contribution in [-0.2, 0) is 19.6 Å². The third kappa shape index (κ3) is 4.70. The summed E-state index contributed by atoms with van der Waals surface area (Å²) >= 11 is 0. The maximum absolute atomic E-state index is 7.11. The van der Waals surface area contributed by atoms with Crippen LogP contribution in [0.25, 0.3) is 0 Å². The van der Waals surface area contributed by atoms with Crippen molar-refractivity contribution < 1.29 is 0 Å². The molecule has 0 bridgehead atoms. The summed E-state index contributed by atoms with van der Waals surface area (Å²) in [6.45, 7) is 2.14. The highest BCUT2D eigenvalue weighted by Crippen LogP contribution is 2.04. The second kappa shape index (κ2) is 7.25. The van der Waals surface area contributed by atoms with Crippen LogP contribution in [0, 0.1) is 5.41 Å². The first-order valence-corrected chi connectivity index (χ1v) is 6.50. The smallest absolute Gasteiger partial charge is 0.185 e. The highest BCUT2D eigenvalue weighted by Gasteiger charge is 1.97. The van der Waals surface area contributed by atoms with Gasteiger partial charge in [0.05, 0.1) is 5.69 Å². The van der Waals surface area contributed by atoms with Gasteiger partial charge in [-0.25, -0.2) is 0 Å². The molecule has 2 rings (SSSR count). The van der Waals surface area contributed by atoms with Gasteiger partial charge in [-0.3, -0.25) is 10.4 Å². The maximum atomic E-state index is 7.11. The SMILES string of the molecule is N=C(N)NCc1ccc(CNCc2ccccn2)cc1. The summed E-state index contributed by atoms with van der Waals surface area (Å²) in [7, 11) is 0. The second-order valence-corrected chi connectivity index (χ2v) is 4.51. The molecule has 0 fully saturated rings. The molecule has 0 radical (unpaired) electrons. The number of pyridine rings is 1. The van der Waals surface area contributed by atoms with Crippen LogP contribution >= 0.6 is 0 Å². The van der Waals surface area contributed by atoms with E-state index in [9.17, 15) is 0 Å². The summed E-state index contributed by atoms with van der Waals surface area (Å²) < 4.78 is 0. The Hall–Kier alpha value is -2.40. The van der Waals surface area contributed by atoms with Crippen molar-refractivity contribution in [3.05, 3.63) is 65.5 Å². The summed E-state index contributed by atoms with van der Waals surface area (Å²) in [6, 6.07) is 14.1. The number of nitrogens with zero attached hydrogens (tertiary/aromatic N) is 1. The molecule has 104 valence electrons. The molecule has 0 saturated carbocycles. The molecule has 5 N–H and O–H groups in total. The van der Waals surface area contributed by atoms with E-state index in [2.05, 4.69) is 27.8 Å². The minimum Gasteiger partial charge on any atom is -0.370 e. The zero-order valence-corrected chi connectivity index (χ0v) is 11.3. The van der Waals surface area contributed by atoms with Gasteiger partial charge < -0.3 is 16.4 Å². The third-order valence-electron chi connectivity index (χ3n) is 2.87. The maximum Gasteiger partial charge on any atom is 0.185 e. The zero-order chi connectivity index (χ0) is 14.2. The van der Waals surface area contributed by atoms with E-state index < -0.39 is 0 Å². The molecule has 0 unspecified atom stereocenters. The van der Waals surface area contributed by atoms with E-state index in [1.807, 2.05) is 30.3 Å². The molecule has 0 aliphatic heterocycles. The summed E-state index contributed by atoms with van der Waals surface area (Å²) in [5.74, 6) is -0.00824. The quantitative estimate of drug-likeness (QED) is 0.471. The second-order valence-electron chi connectivity index (χ2n) is 4.51. The van der Waals surface area contributed by atoms with Gasteiger partial charge in [-0.2, -0.15) is 0 Å². The van der Waals surface area contributed by atoms with E-state index in [4.69, 9.17) is 11.1 Å². The third-order valence-corrected chi connectivity index (χ3v) is 2.87. The Labute approximate surface area is 118 Å². The fourth-order valence-corrected chi connectivity index (χ4v) is 1.81. The van der Waals surface area contributed by atoms with Crippen LogP contribution in [0.15, 0.2) is 48.7 Å². The average Bonchev–Trinajstić information content (AvgIpc) is 2.47. The van der Waals surface area contributed by atoms with Crippen LogP contribution in [-0.4, -0.2) is 10.9 Å². The van der Waals surface area contributed by atoms with Crippen molar-refractivity contribution in [2.75, 3.05) is 0 Å². The molecule has 1 aromatic carbocycles. The Morgan fingerprint density at radius 1 is 1.00 bits per heavy atom. The van der Waals surface area contributed by atoms with Crippen molar-refractivity contribution in [2.24, 2.45) is 5.73 Å². The first-order valence-electron chi connectivity index (χ1n) is 6.50. The monoisotopic (exact) mass is 269 g/mol. The first-order chi connectivity index (χ1) is 9.74. The molecule has 0 atom stereocenters. The van der Waals surface area contributed by atoms with Crippen LogP contribution in [0.2, 0.25) is 0 Å². The molecule has 5 heteroatoms. The topological polar surface area (TPSA) is 86.8 Å². The van der Waals surface area contributed by atoms with Gasteiger partial charge in [-0.1, -0.05) is 30.3 Å². The molecule has 2 aromatic rings. The van der Waals surface area contributed by atoms with Crippen molar-refractivity contribution in [3.63, 3.8) is 0 Å². The molecule has 1 heterocycles. The largest absolute Gasteiger partial charge is 0.370 e. The molecular weight excluding hydrogens is 250 g/mol. The molecule has 0 saturated heterocycles. The minimum atomic E-state index is -0.00824. The van der Waals surface area contributed by atoms with Crippen LogP contribution in [0.1, 0.15) is 16.8 Å². The van der Waals surface area contributed by atoms with E-state index in [1.165, 1.54) is 5.56 Å². The van der Waals surface area contributed by atoms with Crippen LogP contribution in [0.4, 0.5) is 0 Å². The predicted octanol–water partition coefficient (Wildman–Crippen LogP) is 1.35. The molecule has 0 spiro atoms. The van der Waals surface area contributed by atoms with Crippen molar-refractivity contribution in [1.82, 2.24) is 15.6 Å². The van der Waals surface area contributed by atoms with E-state index >= 15 is 0 Å². The number of hydrogen-bond donors (Lipinski definition) is 4. The van der Waals surface area contributed by atoms with Crippen LogP contribution in [0.3, 0.4) is 0 Å². The lowest BCUT2D eigenvalue weighted by atomic mass is 10.1. The predicted molar refractivity (Wildman–Crippen MR) is 80.0 cm³/mol. The Kier molecular flexibility index (Phi) is 5.08.